The third kappa shape index (κ3) is 4.11. The molecule has 1 aromatic heterocycles. The second-order valence-corrected chi connectivity index (χ2v) is 7.13. The maximum atomic E-state index is 12.4. The molecular weight excluding hydrogens is 324 g/mol. The van der Waals surface area contributed by atoms with Crippen molar-refractivity contribution in [3.05, 3.63) is 60.3 Å². The van der Waals surface area contributed by atoms with Gasteiger partial charge in [-0.3, -0.25) is 14.8 Å². The number of aromatic amines is 1. The number of H-pyrrole nitrogens is 1. The second kappa shape index (κ2) is 7.70. The SMILES string of the molecule is O=C(CN1CCC(Cc2ccccc2)CC1)Nc1ccc2[nH]ncc2c1. The van der Waals surface area contributed by atoms with E-state index in [2.05, 4.69) is 50.7 Å². The molecule has 1 aliphatic rings. The Bertz CT molecular complexity index is 866. The lowest BCUT2D eigenvalue weighted by molar-refractivity contribution is -0.117. The van der Waals surface area contributed by atoms with Gasteiger partial charge in [0.25, 0.3) is 0 Å². The standard InChI is InChI=1S/C21H24N4O/c26-21(23-19-6-7-20-18(13-19)14-22-24-20)15-25-10-8-17(9-11-25)12-16-4-2-1-3-5-16/h1-7,13-14,17H,8-12,15H2,(H,22,24)(H,23,26). The number of likely N-dealkylation sites (tertiary alicyclic amines) is 1. The van der Waals surface area contributed by atoms with E-state index in [1.54, 1.807) is 6.20 Å². The van der Waals surface area contributed by atoms with Crippen LogP contribution < -0.4 is 5.32 Å². The summed E-state index contributed by atoms with van der Waals surface area (Å²) in [6.07, 6.45) is 5.22. The van der Waals surface area contributed by atoms with E-state index in [0.717, 1.165) is 54.9 Å². The highest BCUT2D eigenvalue weighted by atomic mass is 16.2. The summed E-state index contributed by atoms with van der Waals surface area (Å²) >= 11 is 0. The summed E-state index contributed by atoms with van der Waals surface area (Å²) in [6.45, 7) is 2.44. The minimum Gasteiger partial charge on any atom is -0.325 e. The molecule has 2 N–H and O–H groups in total. The number of hydrogen-bond acceptors (Lipinski definition) is 3. The van der Waals surface area contributed by atoms with Crippen LogP contribution in [0.25, 0.3) is 10.9 Å². The Morgan fingerprint density at radius 2 is 1.96 bits per heavy atom. The number of nitrogens with one attached hydrogen (secondary N) is 2. The van der Waals surface area contributed by atoms with Crippen molar-refractivity contribution in [3.8, 4) is 0 Å². The summed E-state index contributed by atoms with van der Waals surface area (Å²) in [7, 11) is 0. The Balaban J connectivity index is 1.25. The molecule has 4 rings (SSSR count). The third-order valence-corrected chi connectivity index (χ3v) is 5.17. The number of hydrogen-bond donors (Lipinski definition) is 2. The summed E-state index contributed by atoms with van der Waals surface area (Å²) in [4.78, 5) is 14.6. The zero-order valence-electron chi connectivity index (χ0n) is 14.8. The van der Waals surface area contributed by atoms with Crippen LogP contribution in [0.4, 0.5) is 5.69 Å². The van der Waals surface area contributed by atoms with Crippen molar-refractivity contribution in [1.29, 1.82) is 0 Å². The molecule has 0 unspecified atom stereocenters. The molecule has 2 heterocycles. The molecule has 2 aromatic carbocycles. The first kappa shape index (κ1) is 16.8. The van der Waals surface area contributed by atoms with E-state index in [-0.39, 0.29) is 5.91 Å². The number of nitrogens with zero attached hydrogens (tertiary/aromatic N) is 2. The predicted molar refractivity (Wildman–Crippen MR) is 104 cm³/mol. The van der Waals surface area contributed by atoms with Gasteiger partial charge in [-0.25, -0.2) is 0 Å². The molecule has 0 spiro atoms. The van der Waals surface area contributed by atoms with E-state index in [1.807, 2.05) is 18.2 Å². The minimum absolute atomic E-state index is 0.0503. The average Bonchev–Trinajstić information content (AvgIpc) is 3.12. The molecular formula is C21H24N4O. The van der Waals surface area contributed by atoms with Crippen molar-refractivity contribution in [3.63, 3.8) is 0 Å². The summed E-state index contributed by atoms with van der Waals surface area (Å²) in [5.74, 6) is 0.773. The zero-order chi connectivity index (χ0) is 17.8. The second-order valence-electron chi connectivity index (χ2n) is 7.13. The lowest BCUT2D eigenvalue weighted by atomic mass is 9.90. The fraction of sp³-hybridized carbons (Fsp3) is 0.333. The number of aromatic nitrogens is 2. The van der Waals surface area contributed by atoms with Gasteiger partial charge in [-0.05, 0) is 62.0 Å². The van der Waals surface area contributed by atoms with Gasteiger partial charge >= 0.3 is 0 Å². The first-order valence-corrected chi connectivity index (χ1v) is 9.25. The van der Waals surface area contributed by atoms with Gasteiger partial charge in [0.1, 0.15) is 0 Å². The third-order valence-electron chi connectivity index (χ3n) is 5.17. The first-order chi connectivity index (χ1) is 12.8. The van der Waals surface area contributed by atoms with E-state index in [0.29, 0.717) is 6.54 Å². The number of rotatable bonds is 5. The molecule has 5 nitrogen and oxygen atoms in total. The molecule has 0 saturated carbocycles. The minimum atomic E-state index is 0.0503. The molecule has 26 heavy (non-hydrogen) atoms. The van der Waals surface area contributed by atoms with Crippen molar-refractivity contribution < 1.29 is 4.79 Å². The number of carbonyl (C=O) groups excluding carboxylic acids is 1. The highest BCUT2D eigenvalue weighted by Gasteiger charge is 2.21. The van der Waals surface area contributed by atoms with E-state index >= 15 is 0 Å². The lowest BCUT2D eigenvalue weighted by Crippen LogP contribution is -2.39. The van der Waals surface area contributed by atoms with Gasteiger partial charge in [-0.1, -0.05) is 30.3 Å². The number of piperidine rings is 1. The molecule has 0 bridgehead atoms. The van der Waals surface area contributed by atoms with Crippen LogP contribution in [-0.4, -0.2) is 40.6 Å². The first-order valence-electron chi connectivity index (χ1n) is 9.25. The molecule has 3 aromatic rings. The van der Waals surface area contributed by atoms with E-state index in [1.165, 1.54) is 5.56 Å². The fourth-order valence-electron chi connectivity index (χ4n) is 3.72. The Kier molecular flexibility index (Phi) is 4.97. The Morgan fingerprint density at radius 1 is 1.15 bits per heavy atom. The summed E-state index contributed by atoms with van der Waals surface area (Å²) in [5, 5.41) is 10.9. The predicted octanol–water partition coefficient (Wildman–Crippen LogP) is 3.46. The van der Waals surface area contributed by atoms with Crippen molar-refractivity contribution in [2.45, 2.75) is 19.3 Å². The summed E-state index contributed by atoms with van der Waals surface area (Å²) in [6, 6.07) is 16.5. The van der Waals surface area contributed by atoms with Crippen LogP contribution in [0.1, 0.15) is 18.4 Å². The van der Waals surface area contributed by atoms with Crippen molar-refractivity contribution in [1.82, 2.24) is 15.1 Å². The number of amides is 1. The maximum Gasteiger partial charge on any atom is 0.238 e. The molecule has 134 valence electrons. The quantitative estimate of drug-likeness (QED) is 0.742. The number of benzene rings is 2. The normalized spacial score (nSPS) is 16.0. The Labute approximate surface area is 153 Å². The molecule has 1 amide bonds. The van der Waals surface area contributed by atoms with Gasteiger partial charge in [-0.15, -0.1) is 0 Å². The van der Waals surface area contributed by atoms with Gasteiger partial charge in [0, 0.05) is 11.1 Å². The zero-order valence-corrected chi connectivity index (χ0v) is 14.8. The van der Waals surface area contributed by atoms with Crippen LogP contribution in [0.5, 0.6) is 0 Å². The highest BCUT2D eigenvalue weighted by Crippen LogP contribution is 2.22. The summed E-state index contributed by atoms with van der Waals surface area (Å²) in [5.41, 5.74) is 3.21. The summed E-state index contributed by atoms with van der Waals surface area (Å²) < 4.78 is 0. The van der Waals surface area contributed by atoms with Crippen molar-refractivity contribution >= 4 is 22.5 Å². The molecule has 1 aliphatic heterocycles. The van der Waals surface area contributed by atoms with Crippen LogP contribution in [0.15, 0.2) is 54.7 Å². The average molecular weight is 348 g/mol. The topological polar surface area (TPSA) is 61.0 Å². The molecule has 5 heteroatoms. The van der Waals surface area contributed by atoms with E-state index in [9.17, 15) is 4.79 Å². The van der Waals surface area contributed by atoms with E-state index in [4.69, 9.17) is 0 Å². The fourth-order valence-corrected chi connectivity index (χ4v) is 3.72. The van der Waals surface area contributed by atoms with Gasteiger partial charge in [0.15, 0.2) is 0 Å². The number of anilines is 1. The molecule has 0 aliphatic carbocycles. The maximum absolute atomic E-state index is 12.4. The Hall–Kier alpha value is -2.66. The van der Waals surface area contributed by atoms with Crippen LogP contribution in [0.3, 0.4) is 0 Å². The monoisotopic (exact) mass is 348 g/mol. The van der Waals surface area contributed by atoms with Crippen LogP contribution in [-0.2, 0) is 11.2 Å². The Morgan fingerprint density at radius 3 is 2.77 bits per heavy atom. The lowest BCUT2D eigenvalue weighted by Gasteiger charge is -2.31. The van der Waals surface area contributed by atoms with Crippen molar-refractivity contribution in [2.24, 2.45) is 5.92 Å². The number of fused-ring (bicyclic) bond motifs is 1. The van der Waals surface area contributed by atoms with Gasteiger partial charge in [0.2, 0.25) is 5.91 Å². The van der Waals surface area contributed by atoms with Gasteiger partial charge in [0.05, 0.1) is 18.3 Å². The van der Waals surface area contributed by atoms with E-state index < -0.39 is 0 Å². The van der Waals surface area contributed by atoms with Gasteiger partial charge in [-0.2, -0.15) is 5.10 Å². The smallest absolute Gasteiger partial charge is 0.238 e. The number of carbonyl (C=O) groups is 1. The van der Waals surface area contributed by atoms with Crippen LogP contribution in [0, 0.1) is 5.92 Å². The highest BCUT2D eigenvalue weighted by molar-refractivity contribution is 5.94. The largest absolute Gasteiger partial charge is 0.325 e. The van der Waals surface area contributed by atoms with Gasteiger partial charge < -0.3 is 5.32 Å². The van der Waals surface area contributed by atoms with Crippen molar-refractivity contribution in [2.75, 3.05) is 25.0 Å². The molecule has 1 saturated heterocycles. The molecule has 1 fully saturated rings. The molecule has 0 atom stereocenters. The molecule has 0 radical (unpaired) electrons. The van der Waals surface area contributed by atoms with Crippen LogP contribution in [0.2, 0.25) is 0 Å². The van der Waals surface area contributed by atoms with Crippen LogP contribution >= 0.6 is 0 Å².